The molecule has 0 amide bonds. The molecule has 0 saturated carbocycles. The fourth-order valence-electron chi connectivity index (χ4n) is 1.83. The van der Waals surface area contributed by atoms with Gasteiger partial charge in [0.1, 0.15) is 11.6 Å². The van der Waals surface area contributed by atoms with E-state index >= 15 is 0 Å². The van der Waals surface area contributed by atoms with Crippen molar-refractivity contribution in [2.45, 2.75) is 26.2 Å². The minimum Gasteiger partial charge on any atom is -0.330 e. The average Bonchev–Trinajstić information content (AvgIpc) is 2.18. The van der Waals surface area contributed by atoms with Crippen molar-refractivity contribution >= 4 is 0 Å². The lowest BCUT2D eigenvalue weighted by atomic mass is 9.85. The maximum Gasteiger partial charge on any atom is 0.126 e. The summed E-state index contributed by atoms with van der Waals surface area (Å²) in [6.07, 6.45) is 0.679. The molecule has 0 bridgehead atoms. The topological polar surface area (TPSA) is 26.0 Å². The molecule has 1 rings (SSSR count). The van der Waals surface area contributed by atoms with Gasteiger partial charge in [0.15, 0.2) is 0 Å². The molecule has 0 saturated heterocycles. The summed E-state index contributed by atoms with van der Waals surface area (Å²) < 4.78 is 26.5. The van der Waals surface area contributed by atoms with Crippen molar-refractivity contribution in [2.75, 3.05) is 6.54 Å². The first kappa shape index (κ1) is 12.1. The molecule has 1 nitrogen and oxygen atoms in total. The Bertz CT molecular complexity index is 323. The van der Waals surface area contributed by atoms with E-state index in [4.69, 9.17) is 5.73 Å². The van der Waals surface area contributed by atoms with Gasteiger partial charge < -0.3 is 5.73 Å². The second-order valence-corrected chi connectivity index (χ2v) is 4.09. The summed E-state index contributed by atoms with van der Waals surface area (Å²) in [7, 11) is 0. The van der Waals surface area contributed by atoms with Crippen LogP contribution in [0.5, 0.6) is 0 Å². The highest BCUT2D eigenvalue weighted by Gasteiger charge is 2.19. The first-order valence-corrected chi connectivity index (χ1v) is 5.21. The predicted octanol–water partition coefficient (Wildman–Crippen LogP) is 3.05. The number of benzene rings is 1. The zero-order valence-electron chi connectivity index (χ0n) is 9.13. The highest BCUT2D eigenvalue weighted by molar-refractivity contribution is 5.23. The van der Waals surface area contributed by atoms with Gasteiger partial charge in [-0.3, -0.25) is 0 Å². The maximum atomic E-state index is 13.5. The number of hydrogen-bond donors (Lipinski definition) is 1. The molecule has 0 fully saturated rings. The molecule has 3 heteroatoms. The third kappa shape index (κ3) is 2.99. The van der Waals surface area contributed by atoms with E-state index in [0.717, 1.165) is 6.07 Å². The lowest BCUT2D eigenvalue weighted by molar-refractivity contribution is 0.448. The van der Waals surface area contributed by atoms with Crippen LogP contribution in [-0.4, -0.2) is 6.54 Å². The van der Waals surface area contributed by atoms with Crippen LogP contribution in [0, 0.1) is 17.6 Å². The highest BCUT2D eigenvalue weighted by atomic mass is 19.1. The molecule has 0 radical (unpaired) electrons. The molecule has 0 heterocycles. The Morgan fingerprint density at radius 1 is 1.27 bits per heavy atom. The molecule has 15 heavy (non-hydrogen) atoms. The van der Waals surface area contributed by atoms with Crippen LogP contribution in [0.3, 0.4) is 0 Å². The van der Waals surface area contributed by atoms with Crippen LogP contribution in [0.1, 0.15) is 31.7 Å². The van der Waals surface area contributed by atoms with Gasteiger partial charge in [0.05, 0.1) is 0 Å². The number of halogens is 2. The molecule has 1 aromatic carbocycles. The fourth-order valence-corrected chi connectivity index (χ4v) is 1.83. The molecule has 0 aliphatic carbocycles. The third-order valence-electron chi connectivity index (χ3n) is 2.64. The second-order valence-electron chi connectivity index (χ2n) is 4.09. The van der Waals surface area contributed by atoms with E-state index in [1.54, 1.807) is 0 Å². The van der Waals surface area contributed by atoms with E-state index in [1.807, 2.05) is 13.8 Å². The molecule has 1 unspecified atom stereocenters. The average molecular weight is 213 g/mol. The second kappa shape index (κ2) is 5.21. The van der Waals surface area contributed by atoms with Crippen LogP contribution in [-0.2, 0) is 0 Å². The smallest absolute Gasteiger partial charge is 0.126 e. The summed E-state index contributed by atoms with van der Waals surface area (Å²) in [6.45, 7) is 4.47. The summed E-state index contributed by atoms with van der Waals surface area (Å²) >= 11 is 0. The van der Waals surface area contributed by atoms with E-state index < -0.39 is 5.82 Å². The molecule has 84 valence electrons. The number of nitrogens with two attached hydrogens (primary N) is 1. The van der Waals surface area contributed by atoms with Crippen molar-refractivity contribution in [3.05, 3.63) is 35.4 Å². The molecular weight excluding hydrogens is 196 g/mol. The summed E-state index contributed by atoms with van der Waals surface area (Å²) in [5.74, 6) is -0.492. The minimum absolute atomic E-state index is 0.00861. The van der Waals surface area contributed by atoms with Crippen LogP contribution in [0.4, 0.5) is 8.78 Å². The van der Waals surface area contributed by atoms with Crippen molar-refractivity contribution in [1.29, 1.82) is 0 Å². The molecular formula is C12H17F2N. The Morgan fingerprint density at radius 3 is 2.47 bits per heavy atom. The van der Waals surface area contributed by atoms with Crippen LogP contribution < -0.4 is 5.73 Å². The van der Waals surface area contributed by atoms with Gasteiger partial charge in [-0.1, -0.05) is 13.8 Å². The van der Waals surface area contributed by atoms with Gasteiger partial charge in [0, 0.05) is 0 Å². The lowest BCUT2D eigenvalue weighted by Gasteiger charge is -2.21. The standard InChI is InChI=1S/C12H17F2N/c1-8(2)10(5-6-15)11-7-9(13)3-4-12(11)14/h3-4,7-8,10H,5-6,15H2,1-2H3. The van der Waals surface area contributed by atoms with E-state index in [1.165, 1.54) is 12.1 Å². The zero-order chi connectivity index (χ0) is 11.4. The predicted molar refractivity (Wildman–Crippen MR) is 57.6 cm³/mol. The normalized spacial score (nSPS) is 13.2. The Labute approximate surface area is 89.3 Å². The lowest BCUT2D eigenvalue weighted by Crippen LogP contribution is -2.14. The van der Waals surface area contributed by atoms with E-state index in [-0.39, 0.29) is 17.7 Å². The van der Waals surface area contributed by atoms with E-state index in [0.29, 0.717) is 18.5 Å². The van der Waals surface area contributed by atoms with Gasteiger partial charge in [0.2, 0.25) is 0 Å². The minimum atomic E-state index is -0.394. The van der Waals surface area contributed by atoms with Gasteiger partial charge in [-0.05, 0) is 48.6 Å². The molecule has 1 aromatic rings. The first-order chi connectivity index (χ1) is 7.06. The van der Waals surface area contributed by atoms with Gasteiger partial charge in [-0.2, -0.15) is 0 Å². The first-order valence-electron chi connectivity index (χ1n) is 5.21. The third-order valence-corrected chi connectivity index (χ3v) is 2.64. The van der Waals surface area contributed by atoms with Crippen LogP contribution >= 0.6 is 0 Å². The van der Waals surface area contributed by atoms with Crippen LogP contribution in [0.15, 0.2) is 18.2 Å². The van der Waals surface area contributed by atoms with Crippen molar-refractivity contribution in [1.82, 2.24) is 0 Å². The Hall–Kier alpha value is -0.960. The molecule has 1 atom stereocenters. The summed E-state index contributed by atoms with van der Waals surface area (Å²) in [4.78, 5) is 0. The van der Waals surface area contributed by atoms with Crippen LogP contribution in [0.25, 0.3) is 0 Å². The largest absolute Gasteiger partial charge is 0.330 e. The van der Waals surface area contributed by atoms with Gasteiger partial charge in [-0.15, -0.1) is 0 Å². The highest BCUT2D eigenvalue weighted by Crippen LogP contribution is 2.29. The maximum absolute atomic E-state index is 13.5. The van der Waals surface area contributed by atoms with Crippen molar-refractivity contribution in [2.24, 2.45) is 11.7 Å². The van der Waals surface area contributed by atoms with Gasteiger partial charge in [0.25, 0.3) is 0 Å². The molecule has 2 N–H and O–H groups in total. The number of hydrogen-bond acceptors (Lipinski definition) is 1. The van der Waals surface area contributed by atoms with Crippen LogP contribution in [0.2, 0.25) is 0 Å². The number of rotatable bonds is 4. The van der Waals surface area contributed by atoms with Crippen molar-refractivity contribution in [3.8, 4) is 0 Å². The summed E-state index contributed by atoms with van der Waals surface area (Å²) in [5, 5.41) is 0. The van der Waals surface area contributed by atoms with Crippen molar-refractivity contribution in [3.63, 3.8) is 0 Å². The Morgan fingerprint density at radius 2 is 1.93 bits per heavy atom. The Kier molecular flexibility index (Phi) is 4.21. The van der Waals surface area contributed by atoms with E-state index in [2.05, 4.69) is 0 Å². The molecule has 0 spiro atoms. The quantitative estimate of drug-likeness (QED) is 0.817. The zero-order valence-corrected chi connectivity index (χ0v) is 9.13. The van der Waals surface area contributed by atoms with Crippen molar-refractivity contribution < 1.29 is 8.78 Å². The molecule has 0 aromatic heterocycles. The summed E-state index contributed by atoms with van der Waals surface area (Å²) in [5.41, 5.74) is 5.92. The van der Waals surface area contributed by atoms with Gasteiger partial charge >= 0.3 is 0 Å². The molecule has 0 aliphatic rings. The monoisotopic (exact) mass is 213 g/mol. The fraction of sp³-hybridized carbons (Fsp3) is 0.500. The summed E-state index contributed by atoms with van der Waals surface area (Å²) in [6, 6.07) is 3.59. The van der Waals surface area contributed by atoms with E-state index in [9.17, 15) is 8.78 Å². The molecule has 0 aliphatic heterocycles. The SMILES string of the molecule is CC(C)C(CCN)c1cc(F)ccc1F. The van der Waals surface area contributed by atoms with Gasteiger partial charge in [-0.25, -0.2) is 8.78 Å². The Balaban J connectivity index is 3.04.